The van der Waals surface area contributed by atoms with Gasteiger partial charge in [-0.25, -0.2) is 13.1 Å². The van der Waals surface area contributed by atoms with E-state index in [2.05, 4.69) is 10.0 Å². The fourth-order valence-electron chi connectivity index (χ4n) is 1.62. The molecule has 0 aliphatic heterocycles. The molecule has 1 atom stereocenters. The van der Waals surface area contributed by atoms with Gasteiger partial charge >= 0.3 is 0 Å². The third-order valence-corrected chi connectivity index (χ3v) is 4.26. The Morgan fingerprint density at radius 3 is 2.81 bits per heavy atom. The number of nitrogens with one attached hydrogen (secondary N) is 2. The predicted octanol–water partition coefficient (Wildman–Crippen LogP) is 0.455. The van der Waals surface area contributed by atoms with Gasteiger partial charge in [-0.05, 0) is 25.0 Å². The molecule has 0 aliphatic carbocycles. The summed E-state index contributed by atoms with van der Waals surface area (Å²) in [7, 11) is -2.05. The molecular weight excluding hydrogens is 296 g/mol. The van der Waals surface area contributed by atoms with Crippen LogP contribution >= 0.6 is 0 Å². The molecule has 0 amide bonds. The van der Waals surface area contributed by atoms with Crippen molar-refractivity contribution < 1.29 is 22.7 Å². The normalized spacial score (nSPS) is 13.5. The molecule has 0 aromatic carbocycles. The lowest BCUT2D eigenvalue weighted by molar-refractivity contribution is 0.162. The third-order valence-electron chi connectivity index (χ3n) is 2.92. The summed E-state index contributed by atoms with van der Waals surface area (Å²) in [6, 6.07) is 3.04. The maximum atomic E-state index is 12.0. The number of aliphatic hydroxyl groups is 1. The van der Waals surface area contributed by atoms with Gasteiger partial charge in [0.05, 0.1) is 19.3 Å². The summed E-state index contributed by atoms with van der Waals surface area (Å²) in [5.41, 5.74) is 0. The molecule has 0 saturated heterocycles. The minimum absolute atomic E-state index is 0.114. The molecule has 21 heavy (non-hydrogen) atoms. The highest BCUT2D eigenvalue weighted by Crippen LogP contribution is 2.13. The van der Waals surface area contributed by atoms with E-state index < -0.39 is 16.1 Å². The SMILES string of the molecule is CCC(O)CCNS(=O)(=O)c1ccc(CNCCOC)o1. The van der Waals surface area contributed by atoms with Crippen LogP contribution in [0, 0.1) is 0 Å². The molecule has 1 aromatic rings. The van der Waals surface area contributed by atoms with Crippen LogP contribution in [0.25, 0.3) is 0 Å². The topological polar surface area (TPSA) is 101 Å². The van der Waals surface area contributed by atoms with Crippen molar-refractivity contribution >= 4 is 10.0 Å². The second-order valence-electron chi connectivity index (χ2n) is 4.64. The summed E-state index contributed by atoms with van der Waals surface area (Å²) < 4.78 is 36.5. The minimum Gasteiger partial charge on any atom is -0.447 e. The summed E-state index contributed by atoms with van der Waals surface area (Å²) in [5, 5.41) is 12.3. The van der Waals surface area contributed by atoms with Gasteiger partial charge in [-0.15, -0.1) is 0 Å². The number of aliphatic hydroxyl groups excluding tert-OH is 1. The number of hydrogen-bond acceptors (Lipinski definition) is 6. The van der Waals surface area contributed by atoms with Gasteiger partial charge in [-0.1, -0.05) is 6.92 Å². The largest absolute Gasteiger partial charge is 0.447 e. The second kappa shape index (κ2) is 9.16. The Kier molecular flexibility index (Phi) is 7.91. The summed E-state index contributed by atoms with van der Waals surface area (Å²) >= 11 is 0. The lowest BCUT2D eigenvalue weighted by Crippen LogP contribution is -2.27. The van der Waals surface area contributed by atoms with Gasteiger partial charge in [-0.3, -0.25) is 0 Å². The smallest absolute Gasteiger partial charge is 0.273 e. The first kappa shape index (κ1) is 18.1. The van der Waals surface area contributed by atoms with Crippen LogP contribution < -0.4 is 10.0 Å². The average molecular weight is 320 g/mol. The van der Waals surface area contributed by atoms with E-state index in [0.717, 1.165) is 0 Å². The first-order valence-corrected chi connectivity index (χ1v) is 8.44. The van der Waals surface area contributed by atoms with Gasteiger partial charge in [0, 0.05) is 20.2 Å². The molecule has 1 aromatic heterocycles. The highest BCUT2D eigenvalue weighted by Gasteiger charge is 2.18. The van der Waals surface area contributed by atoms with Crippen molar-refractivity contribution in [1.29, 1.82) is 0 Å². The molecule has 0 aliphatic rings. The predicted molar refractivity (Wildman–Crippen MR) is 78.4 cm³/mol. The van der Waals surface area contributed by atoms with Crippen molar-refractivity contribution in [1.82, 2.24) is 10.0 Å². The number of hydrogen-bond donors (Lipinski definition) is 3. The number of rotatable bonds is 11. The van der Waals surface area contributed by atoms with Crippen LogP contribution in [-0.4, -0.2) is 46.4 Å². The molecule has 1 heterocycles. The van der Waals surface area contributed by atoms with Gasteiger partial charge in [0.25, 0.3) is 10.0 Å². The van der Waals surface area contributed by atoms with Crippen molar-refractivity contribution in [3.8, 4) is 0 Å². The van der Waals surface area contributed by atoms with Gasteiger partial charge in [0.2, 0.25) is 5.09 Å². The van der Waals surface area contributed by atoms with E-state index in [9.17, 15) is 13.5 Å². The summed E-state index contributed by atoms with van der Waals surface area (Å²) in [5.74, 6) is 0.542. The van der Waals surface area contributed by atoms with E-state index in [1.54, 1.807) is 13.2 Å². The Bertz CT molecular complexity index is 500. The Morgan fingerprint density at radius 1 is 1.38 bits per heavy atom. The van der Waals surface area contributed by atoms with Gasteiger partial charge in [0.1, 0.15) is 5.76 Å². The molecule has 3 N–H and O–H groups in total. The molecule has 1 rings (SSSR count). The average Bonchev–Trinajstić information content (AvgIpc) is 2.93. The lowest BCUT2D eigenvalue weighted by atomic mass is 10.2. The quantitative estimate of drug-likeness (QED) is 0.512. The van der Waals surface area contributed by atoms with Gasteiger partial charge < -0.3 is 19.6 Å². The maximum absolute atomic E-state index is 12.0. The maximum Gasteiger partial charge on any atom is 0.273 e. The summed E-state index contributed by atoms with van der Waals surface area (Å²) in [6.07, 6.45) is 0.478. The standard InChI is InChI=1S/C13H24N2O5S/c1-3-11(16)6-7-15-21(17,18)13-5-4-12(20-13)10-14-8-9-19-2/h4-5,11,14-16H,3,6-10H2,1-2H3. The molecule has 0 fully saturated rings. The zero-order valence-corrected chi connectivity index (χ0v) is 13.3. The first-order valence-electron chi connectivity index (χ1n) is 6.95. The Labute approximate surface area is 125 Å². The highest BCUT2D eigenvalue weighted by molar-refractivity contribution is 7.89. The fourth-order valence-corrected chi connectivity index (χ4v) is 2.61. The van der Waals surface area contributed by atoms with Crippen LogP contribution in [-0.2, 0) is 21.3 Å². The molecule has 0 saturated carbocycles. The monoisotopic (exact) mass is 320 g/mol. The molecule has 122 valence electrons. The van der Waals surface area contributed by atoms with Crippen molar-refractivity contribution in [3.63, 3.8) is 0 Å². The number of sulfonamides is 1. The van der Waals surface area contributed by atoms with E-state index in [4.69, 9.17) is 9.15 Å². The molecule has 0 bridgehead atoms. The van der Waals surface area contributed by atoms with Crippen molar-refractivity contribution in [3.05, 3.63) is 17.9 Å². The van der Waals surface area contributed by atoms with E-state index in [1.165, 1.54) is 6.07 Å². The Balaban J connectivity index is 2.46. The van der Waals surface area contributed by atoms with Crippen molar-refractivity contribution in [2.24, 2.45) is 0 Å². The van der Waals surface area contributed by atoms with Crippen LogP contribution in [0.4, 0.5) is 0 Å². The number of ether oxygens (including phenoxy) is 1. The van der Waals surface area contributed by atoms with Crippen molar-refractivity contribution in [2.75, 3.05) is 26.8 Å². The Morgan fingerprint density at radius 2 is 2.14 bits per heavy atom. The number of furan rings is 1. The Hall–Kier alpha value is -0.930. The van der Waals surface area contributed by atoms with Crippen LogP contribution in [0.1, 0.15) is 25.5 Å². The molecule has 7 nitrogen and oxygen atoms in total. The van der Waals surface area contributed by atoms with Crippen LogP contribution in [0.3, 0.4) is 0 Å². The first-order chi connectivity index (χ1) is 9.99. The fraction of sp³-hybridized carbons (Fsp3) is 0.692. The minimum atomic E-state index is -3.66. The van der Waals surface area contributed by atoms with Gasteiger partial charge in [-0.2, -0.15) is 0 Å². The van der Waals surface area contributed by atoms with E-state index in [0.29, 0.717) is 38.3 Å². The van der Waals surface area contributed by atoms with Crippen LogP contribution in [0.15, 0.2) is 21.6 Å². The van der Waals surface area contributed by atoms with E-state index in [-0.39, 0.29) is 11.6 Å². The summed E-state index contributed by atoms with van der Waals surface area (Å²) in [6.45, 7) is 3.70. The molecule has 0 radical (unpaired) electrons. The third kappa shape index (κ3) is 6.58. The lowest BCUT2D eigenvalue weighted by Gasteiger charge is -2.08. The molecule has 1 unspecified atom stereocenters. The van der Waals surface area contributed by atoms with Crippen LogP contribution in [0.5, 0.6) is 0 Å². The molecule has 8 heteroatoms. The van der Waals surface area contributed by atoms with Gasteiger partial charge in [0.15, 0.2) is 0 Å². The second-order valence-corrected chi connectivity index (χ2v) is 6.34. The zero-order chi connectivity index (χ0) is 15.7. The number of methoxy groups -OCH3 is 1. The molecule has 0 spiro atoms. The highest BCUT2D eigenvalue weighted by atomic mass is 32.2. The van der Waals surface area contributed by atoms with Crippen molar-refractivity contribution in [2.45, 2.75) is 37.5 Å². The van der Waals surface area contributed by atoms with E-state index in [1.807, 2.05) is 6.92 Å². The van der Waals surface area contributed by atoms with E-state index >= 15 is 0 Å². The van der Waals surface area contributed by atoms with Crippen LogP contribution in [0.2, 0.25) is 0 Å². The zero-order valence-electron chi connectivity index (χ0n) is 12.5. The molecular formula is C13H24N2O5S. The summed E-state index contributed by atoms with van der Waals surface area (Å²) in [4.78, 5) is 0.